The Morgan fingerprint density at radius 3 is 1.62 bits per heavy atom. The quantitative estimate of drug-likeness (QED) is 0.401. The van der Waals surface area contributed by atoms with E-state index in [9.17, 15) is 14.2 Å². The summed E-state index contributed by atoms with van der Waals surface area (Å²) in [7, 11) is -6.87. The van der Waals surface area contributed by atoms with Crippen molar-refractivity contribution in [3.63, 3.8) is 0 Å². The topological polar surface area (TPSA) is 163 Å². The van der Waals surface area contributed by atoms with Crippen molar-refractivity contribution in [3.05, 3.63) is 17.7 Å². The van der Waals surface area contributed by atoms with Crippen molar-refractivity contribution in [2.45, 2.75) is 17.9 Å². The summed E-state index contributed by atoms with van der Waals surface area (Å²) in [5, 5.41) is 6.41. The number of methoxy groups -OCH3 is 3. The first-order valence-corrected chi connectivity index (χ1v) is 9.76. The van der Waals surface area contributed by atoms with Gasteiger partial charge in [0.05, 0.1) is 21.3 Å². The highest BCUT2D eigenvalue weighted by molar-refractivity contribution is 7.72. The van der Waals surface area contributed by atoms with E-state index in [0.29, 0.717) is 5.56 Å². The molecule has 0 fully saturated rings. The average molecular weight is 386 g/mol. The molecule has 5 N–H and O–H groups in total. The van der Waals surface area contributed by atoms with Crippen molar-refractivity contribution in [3.8, 4) is 17.2 Å². The second kappa shape index (κ2) is 7.41. The molecule has 0 saturated carbocycles. The zero-order chi connectivity index (χ0) is 18.8. The maximum atomic E-state index is 11.4. The molecule has 1 rings (SSSR count). The van der Waals surface area contributed by atoms with Gasteiger partial charge in [-0.15, -0.1) is 0 Å². The molecule has 0 aliphatic heterocycles. The summed E-state index contributed by atoms with van der Waals surface area (Å²) in [6.07, 6.45) is -1.14. The minimum atomic E-state index is -5.49. The van der Waals surface area contributed by atoms with Gasteiger partial charge in [-0.2, -0.15) is 0 Å². The van der Waals surface area contributed by atoms with Gasteiger partial charge in [-0.1, -0.05) is 0 Å². The van der Waals surface area contributed by atoms with Gasteiger partial charge >= 0.3 is 15.2 Å². The maximum Gasteiger partial charge on any atom is 0.369 e. The van der Waals surface area contributed by atoms with Crippen molar-refractivity contribution in [2.24, 2.45) is 0 Å². The Labute approximate surface area is 138 Å². The molecular weight excluding hydrogens is 366 g/mol. The third-order valence-electron chi connectivity index (χ3n) is 3.41. The van der Waals surface area contributed by atoms with Crippen molar-refractivity contribution < 1.29 is 48.0 Å². The minimum Gasteiger partial charge on any atom is -0.493 e. The van der Waals surface area contributed by atoms with E-state index in [0.717, 1.165) is 0 Å². The molecule has 0 aliphatic carbocycles. The van der Waals surface area contributed by atoms with Crippen molar-refractivity contribution >= 4 is 15.2 Å². The van der Waals surface area contributed by atoms with Crippen LogP contribution in [-0.2, 0) is 15.6 Å². The number of aliphatic hydroxyl groups is 1. The van der Waals surface area contributed by atoms with E-state index in [4.69, 9.17) is 33.8 Å². The molecule has 0 atom stereocenters. The molecule has 12 heteroatoms. The smallest absolute Gasteiger partial charge is 0.369 e. The van der Waals surface area contributed by atoms with E-state index in [1.165, 1.54) is 33.5 Å². The standard InChI is InChI=1S/C12H20O10P2/c1-20-9-6-8(7-10(21-2)11(9)22-3)4-5-12(13,23(14,15)16)24(17,18)19/h6-7,13H,4-5H2,1-3H3,(H2,14,15,16)(H2,17,18,19). The lowest BCUT2D eigenvalue weighted by molar-refractivity contribution is 0.123. The highest BCUT2D eigenvalue weighted by Gasteiger charge is 2.58. The summed E-state index contributed by atoms with van der Waals surface area (Å²) >= 11 is 0. The number of ether oxygens (including phenoxy) is 3. The Morgan fingerprint density at radius 1 is 0.917 bits per heavy atom. The van der Waals surface area contributed by atoms with Gasteiger partial charge in [0.25, 0.3) is 5.08 Å². The van der Waals surface area contributed by atoms with Gasteiger partial charge in [-0.05, 0) is 24.1 Å². The van der Waals surface area contributed by atoms with Crippen molar-refractivity contribution in [1.82, 2.24) is 0 Å². The van der Waals surface area contributed by atoms with E-state index in [-0.39, 0.29) is 23.7 Å². The number of hydrogen-bond acceptors (Lipinski definition) is 6. The van der Waals surface area contributed by atoms with Crippen LogP contribution >= 0.6 is 15.2 Å². The monoisotopic (exact) mass is 386 g/mol. The Morgan fingerprint density at radius 2 is 1.33 bits per heavy atom. The van der Waals surface area contributed by atoms with Crippen molar-refractivity contribution in [2.75, 3.05) is 21.3 Å². The molecular formula is C12H20O10P2. The third kappa shape index (κ3) is 4.10. The molecule has 0 heterocycles. The summed E-state index contributed by atoms with van der Waals surface area (Å²) < 4.78 is 38.0. The molecule has 0 radical (unpaired) electrons. The lowest BCUT2D eigenvalue weighted by atomic mass is 10.1. The predicted octanol–water partition coefficient (Wildman–Crippen LogP) is 0.646. The third-order valence-corrected chi connectivity index (χ3v) is 7.28. The van der Waals surface area contributed by atoms with E-state index < -0.39 is 26.7 Å². The fraction of sp³-hybridized carbons (Fsp3) is 0.500. The first kappa shape index (κ1) is 20.9. The van der Waals surface area contributed by atoms with Crippen LogP contribution in [0.25, 0.3) is 0 Å². The molecule has 1 aromatic carbocycles. The summed E-state index contributed by atoms with van der Waals surface area (Å²) in [5.74, 6) is 0.787. The molecule has 138 valence electrons. The van der Waals surface area contributed by atoms with Crippen LogP contribution in [0.4, 0.5) is 0 Å². The van der Waals surface area contributed by atoms with E-state index in [1.807, 2.05) is 0 Å². The Kier molecular flexibility index (Phi) is 6.46. The largest absolute Gasteiger partial charge is 0.493 e. The molecule has 0 saturated heterocycles. The highest BCUT2D eigenvalue weighted by atomic mass is 31.2. The van der Waals surface area contributed by atoms with Crippen LogP contribution in [0.1, 0.15) is 12.0 Å². The SMILES string of the molecule is COc1cc(CCC(O)(P(=O)(O)O)P(=O)(O)O)cc(OC)c1OC. The maximum absolute atomic E-state index is 11.4. The fourth-order valence-corrected chi connectivity index (χ4v) is 4.22. The van der Waals surface area contributed by atoms with Gasteiger partial charge in [0.1, 0.15) is 0 Å². The molecule has 1 aromatic rings. The molecule has 0 bridgehead atoms. The fourth-order valence-electron chi connectivity index (χ4n) is 2.05. The van der Waals surface area contributed by atoms with Gasteiger partial charge in [-0.3, -0.25) is 9.13 Å². The normalized spacial score (nSPS) is 12.8. The second-order valence-electron chi connectivity index (χ2n) is 4.90. The van der Waals surface area contributed by atoms with Gasteiger partial charge in [-0.25, -0.2) is 0 Å². The molecule has 0 spiro atoms. The zero-order valence-electron chi connectivity index (χ0n) is 13.2. The molecule has 0 unspecified atom stereocenters. The molecule has 24 heavy (non-hydrogen) atoms. The number of rotatable bonds is 8. The van der Waals surface area contributed by atoms with Crippen molar-refractivity contribution in [1.29, 1.82) is 0 Å². The molecule has 0 amide bonds. The van der Waals surface area contributed by atoms with Gasteiger partial charge < -0.3 is 38.9 Å². The number of benzene rings is 1. The minimum absolute atomic E-state index is 0.253. The van der Waals surface area contributed by atoms with Gasteiger partial charge in [0.2, 0.25) is 5.75 Å². The van der Waals surface area contributed by atoms with Gasteiger partial charge in [0.15, 0.2) is 11.5 Å². The number of aryl methyl sites for hydroxylation is 1. The van der Waals surface area contributed by atoms with Crippen LogP contribution in [0, 0.1) is 0 Å². The van der Waals surface area contributed by atoms with E-state index in [1.54, 1.807) is 0 Å². The summed E-state index contributed by atoms with van der Waals surface area (Å²) in [6.45, 7) is 0. The summed E-state index contributed by atoms with van der Waals surface area (Å²) in [5.41, 5.74) is 0.366. The Bertz CT molecular complexity index is 629. The van der Waals surface area contributed by atoms with Crippen LogP contribution in [0.15, 0.2) is 12.1 Å². The van der Waals surface area contributed by atoms with E-state index in [2.05, 4.69) is 0 Å². The Hall–Kier alpha value is -1.12. The van der Waals surface area contributed by atoms with Crippen LogP contribution in [0.3, 0.4) is 0 Å². The summed E-state index contributed by atoms with van der Waals surface area (Å²) in [6, 6.07) is 2.89. The lowest BCUT2D eigenvalue weighted by Gasteiger charge is -2.29. The van der Waals surface area contributed by atoms with E-state index >= 15 is 0 Å². The average Bonchev–Trinajstić information content (AvgIpc) is 2.48. The zero-order valence-corrected chi connectivity index (χ0v) is 15.0. The number of hydrogen-bond donors (Lipinski definition) is 5. The van der Waals surface area contributed by atoms with Crippen LogP contribution < -0.4 is 14.2 Å². The molecule has 10 nitrogen and oxygen atoms in total. The molecule has 0 aromatic heterocycles. The van der Waals surface area contributed by atoms with Crippen LogP contribution in [-0.4, -0.2) is 51.1 Å². The second-order valence-corrected chi connectivity index (χ2v) is 8.90. The molecule has 0 aliphatic rings. The first-order chi connectivity index (χ1) is 10.9. The lowest BCUT2D eigenvalue weighted by Crippen LogP contribution is -2.29. The first-order valence-electron chi connectivity index (χ1n) is 6.53. The van der Waals surface area contributed by atoms with Crippen LogP contribution in [0.5, 0.6) is 17.2 Å². The van der Waals surface area contributed by atoms with Crippen LogP contribution in [0.2, 0.25) is 0 Å². The van der Waals surface area contributed by atoms with Gasteiger partial charge in [0, 0.05) is 6.42 Å². The Balaban J connectivity index is 3.22. The highest BCUT2D eigenvalue weighted by Crippen LogP contribution is 2.69. The summed E-state index contributed by atoms with van der Waals surface area (Å²) in [4.78, 5) is 36.5. The predicted molar refractivity (Wildman–Crippen MR) is 83.5 cm³/mol.